The molecule has 0 spiro atoms. The highest BCUT2D eigenvalue weighted by atomic mass is 35.5. The van der Waals surface area contributed by atoms with Crippen LogP contribution < -0.4 is 11.1 Å². The number of nitrogens with two attached hydrogens (primary N) is 1. The summed E-state index contributed by atoms with van der Waals surface area (Å²) in [5.74, 6) is 0.397. The fraction of sp³-hybridized carbons (Fsp3) is 0.600. The Kier molecular flexibility index (Phi) is 6.43. The maximum atomic E-state index is 12.0. The van der Waals surface area contributed by atoms with Gasteiger partial charge in [-0.3, -0.25) is 4.79 Å². The molecule has 1 heterocycles. The maximum absolute atomic E-state index is 12.0. The molecule has 1 rings (SSSR count). The number of carbonyl (C=O) groups excluding carboxylic acids is 1. The van der Waals surface area contributed by atoms with Crippen molar-refractivity contribution in [1.82, 2.24) is 4.98 Å². The lowest BCUT2D eigenvalue weighted by atomic mass is 9.76. The lowest BCUT2D eigenvalue weighted by Crippen LogP contribution is -2.25. The lowest BCUT2D eigenvalue weighted by molar-refractivity contribution is -0.116. The van der Waals surface area contributed by atoms with Crippen LogP contribution in [0.3, 0.4) is 0 Å². The summed E-state index contributed by atoms with van der Waals surface area (Å²) < 4.78 is 0. The molecule has 0 aliphatic heterocycles. The van der Waals surface area contributed by atoms with Gasteiger partial charge >= 0.3 is 0 Å². The Morgan fingerprint density at radius 3 is 2.70 bits per heavy atom. The third kappa shape index (κ3) is 5.47. The monoisotopic (exact) mass is 297 g/mol. The van der Waals surface area contributed by atoms with Crippen molar-refractivity contribution in [3.05, 3.63) is 23.5 Å². The normalized spacial score (nSPS) is 13.1. The number of nitrogens with one attached hydrogen (secondary N) is 1. The smallest absolute Gasteiger partial charge is 0.224 e. The molecule has 0 bridgehead atoms. The Morgan fingerprint density at radius 1 is 1.45 bits per heavy atom. The lowest BCUT2D eigenvalue weighted by Gasteiger charge is -2.30. The van der Waals surface area contributed by atoms with Crippen LogP contribution in [0.1, 0.15) is 40.0 Å². The van der Waals surface area contributed by atoms with Crippen LogP contribution in [0, 0.1) is 11.3 Å². The minimum Gasteiger partial charge on any atom is -0.330 e. The third-order valence-electron chi connectivity index (χ3n) is 3.49. The molecule has 5 heteroatoms. The number of anilines is 1. The molecule has 1 aromatic heterocycles. The van der Waals surface area contributed by atoms with Gasteiger partial charge in [0.05, 0.1) is 5.69 Å². The molecule has 112 valence electrons. The number of aromatic nitrogens is 1. The van der Waals surface area contributed by atoms with E-state index in [9.17, 15) is 4.79 Å². The largest absolute Gasteiger partial charge is 0.330 e. The molecule has 0 aromatic carbocycles. The SMILES string of the molecule is CC(C)(C)C(CCN)CCC(=O)Nc1cccnc1Cl. The van der Waals surface area contributed by atoms with Crippen molar-refractivity contribution in [2.45, 2.75) is 40.0 Å². The van der Waals surface area contributed by atoms with Gasteiger partial charge < -0.3 is 11.1 Å². The molecule has 0 saturated heterocycles. The second kappa shape index (κ2) is 7.60. The molecule has 0 aliphatic carbocycles. The number of pyridine rings is 1. The van der Waals surface area contributed by atoms with Crippen molar-refractivity contribution in [1.29, 1.82) is 0 Å². The van der Waals surface area contributed by atoms with Crippen molar-refractivity contribution in [3.63, 3.8) is 0 Å². The second-order valence-corrected chi connectivity index (χ2v) is 6.43. The summed E-state index contributed by atoms with van der Waals surface area (Å²) >= 11 is 5.91. The molecule has 0 radical (unpaired) electrons. The first-order chi connectivity index (χ1) is 9.34. The standard InChI is InChI=1S/C15H24ClN3O/c1-15(2,3)11(8-9-17)6-7-13(20)19-12-5-4-10-18-14(12)16/h4-5,10-11H,6-9,17H2,1-3H3,(H,19,20). The highest BCUT2D eigenvalue weighted by Gasteiger charge is 2.24. The Balaban J connectivity index is 2.52. The molecule has 4 nitrogen and oxygen atoms in total. The van der Waals surface area contributed by atoms with E-state index in [1.807, 2.05) is 0 Å². The molecule has 20 heavy (non-hydrogen) atoms. The van der Waals surface area contributed by atoms with Crippen molar-refractivity contribution < 1.29 is 4.79 Å². The minimum atomic E-state index is -0.0360. The van der Waals surface area contributed by atoms with E-state index in [2.05, 4.69) is 31.1 Å². The number of nitrogens with zero attached hydrogens (tertiary/aromatic N) is 1. The van der Waals surface area contributed by atoms with Gasteiger partial charge in [-0.15, -0.1) is 0 Å². The van der Waals surface area contributed by atoms with Crippen LogP contribution in [0.5, 0.6) is 0 Å². The number of hydrogen-bond donors (Lipinski definition) is 2. The van der Waals surface area contributed by atoms with Crippen molar-refractivity contribution >= 4 is 23.2 Å². The first-order valence-electron chi connectivity index (χ1n) is 6.95. The molecule has 0 aliphatic rings. The Labute approximate surface area is 126 Å². The van der Waals surface area contributed by atoms with Gasteiger partial charge in [0.15, 0.2) is 5.15 Å². The van der Waals surface area contributed by atoms with Crippen LogP contribution in [0.25, 0.3) is 0 Å². The van der Waals surface area contributed by atoms with Gasteiger partial charge in [0, 0.05) is 12.6 Å². The van der Waals surface area contributed by atoms with Gasteiger partial charge in [-0.2, -0.15) is 0 Å². The van der Waals surface area contributed by atoms with E-state index in [0.29, 0.717) is 29.7 Å². The molecule has 1 atom stereocenters. The summed E-state index contributed by atoms with van der Waals surface area (Å²) in [7, 11) is 0. The molecule has 1 aromatic rings. The average molecular weight is 298 g/mol. The van der Waals surface area contributed by atoms with Gasteiger partial charge in [-0.05, 0) is 42.9 Å². The highest BCUT2D eigenvalue weighted by Crippen LogP contribution is 2.32. The van der Waals surface area contributed by atoms with Crippen LogP contribution in [-0.2, 0) is 4.79 Å². The van der Waals surface area contributed by atoms with Crippen LogP contribution in [-0.4, -0.2) is 17.4 Å². The van der Waals surface area contributed by atoms with E-state index < -0.39 is 0 Å². The molecular formula is C15H24ClN3O. The molecule has 3 N–H and O–H groups in total. The quantitative estimate of drug-likeness (QED) is 0.790. The number of carbonyl (C=O) groups is 1. The van der Waals surface area contributed by atoms with Crippen molar-refractivity contribution in [2.75, 3.05) is 11.9 Å². The Hall–Kier alpha value is -1.13. The summed E-state index contributed by atoms with van der Waals surface area (Å²) in [6.07, 6.45) is 3.82. The third-order valence-corrected chi connectivity index (χ3v) is 3.79. The zero-order chi connectivity index (χ0) is 15.2. The van der Waals surface area contributed by atoms with E-state index in [4.69, 9.17) is 17.3 Å². The summed E-state index contributed by atoms with van der Waals surface area (Å²) in [4.78, 5) is 15.9. The van der Waals surface area contributed by atoms with E-state index in [-0.39, 0.29) is 11.3 Å². The van der Waals surface area contributed by atoms with Crippen molar-refractivity contribution in [2.24, 2.45) is 17.1 Å². The van der Waals surface area contributed by atoms with Crippen LogP contribution >= 0.6 is 11.6 Å². The predicted molar refractivity (Wildman–Crippen MR) is 83.7 cm³/mol. The van der Waals surface area contributed by atoms with Crippen LogP contribution in [0.15, 0.2) is 18.3 Å². The summed E-state index contributed by atoms with van der Waals surface area (Å²) in [5, 5.41) is 3.11. The number of halogens is 1. The summed E-state index contributed by atoms with van der Waals surface area (Å²) in [5.41, 5.74) is 6.37. The topological polar surface area (TPSA) is 68.0 Å². The van der Waals surface area contributed by atoms with Gasteiger partial charge in [0.2, 0.25) is 5.91 Å². The van der Waals surface area contributed by atoms with E-state index in [0.717, 1.165) is 12.8 Å². The summed E-state index contributed by atoms with van der Waals surface area (Å²) in [6.45, 7) is 7.20. The fourth-order valence-corrected chi connectivity index (χ4v) is 2.38. The van der Waals surface area contributed by atoms with E-state index in [1.54, 1.807) is 18.3 Å². The van der Waals surface area contributed by atoms with Gasteiger partial charge in [-0.25, -0.2) is 4.98 Å². The van der Waals surface area contributed by atoms with E-state index in [1.165, 1.54) is 0 Å². The molecule has 0 fully saturated rings. The fourth-order valence-electron chi connectivity index (χ4n) is 2.21. The number of rotatable bonds is 6. The van der Waals surface area contributed by atoms with Gasteiger partial charge in [-0.1, -0.05) is 32.4 Å². The zero-order valence-corrected chi connectivity index (χ0v) is 13.2. The predicted octanol–water partition coefficient (Wildman–Crippen LogP) is 3.46. The first-order valence-corrected chi connectivity index (χ1v) is 7.33. The summed E-state index contributed by atoms with van der Waals surface area (Å²) in [6, 6.07) is 3.49. The van der Waals surface area contributed by atoms with Crippen molar-refractivity contribution in [3.8, 4) is 0 Å². The molecule has 0 saturated carbocycles. The van der Waals surface area contributed by atoms with Crippen LogP contribution in [0.2, 0.25) is 5.15 Å². The van der Waals surface area contributed by atoms with Crippen LogP contribution in [0.4, 0.5) is 5.69 Å². The number of hydrogen-bond acceptors (Lipinski definition) is 3. The van der Waals surface area contributed by atoms with Gasteiger partial charge in [0.25, 0.3) is 0 Å². The maximum Gasteiger partial charge on any atom is 0.224 e. The Bertz CT molecular complexity index is 443. The number of amides is 1. The Morgan fingerprint density at radius 2 is 2.15 bits per heavy atom. The molecule has 1 amide bonds. The highest BCUT2D eigenvalue weighted by molar-refractivity contribution is 6.32. The van der Waals surface area contributed by atoms with E-state index >= 15 is 0 Å². The minimum absolute atomic E-state index is 0.0360. The molecule has 1 unspecified atom stereocenters. The second-order valence-electron chi connectivity index (χ2n) is 6.07. The average Bonchev–Trinajstić information content (AvgIpc) is 2.36. The molecular weight excluding hydrogens is 274 g/mol. The zero-order valence-electron chi connectivity index (χ0n) is 12.4. The first kappa shape index (κ1) is 16.9. The van der Waals surface area contributed by atoms with Gasteiger partial charge in [0.1, 0.15) is 0 Å².